The SMILES string of the molecule is CCn1nccc1C(=O)N[C@H](C(=O)Nc1cc(C(C2CC2)N2C[C@@H](C(F)(F)F)NC2=O)ccn1)C1CCC(F)(F)CC1. The number of amides is 4. The summed E-state index contributed by atoms with van der Waals surface area (Å²) < 4.78 is 69.2. The van der Waals surface area contributed by atoms with Crippen LogP contribution in [0.5, 0.6) is 0 Å². The second-order valence-corrected chi connectivity index (χ2v) is 11.1. The van der Waals surface area contributed by atoms with Crippen LogP contribution in [-0.4, -0.2) is 68.2 Å². The molecule has 2 saturated carbocycles. The summed E-state index contributed by atoms with van der Waals surface area (Å²) in [5.41, 5.74) is 0.718. The van der Waals surface area contributed by atoms with Gasteiger partial charge in [0.1, 0.15) is 23.6 Å². The summed E-state index contributed by atoms with van der Waals surface area (Å²) in [5.74, 6) is -4.64. The molecule has 0 bridgehead atoms. The molecule has 1 unspecified atom stereocenters. The van der Waals surface area contributed by atoms with E-state index in [9.17, 15) is 36.3 Å². The molecule has 3 N–H and O–H groups in total. The summed E-state index contributed by atoms with van der Waals surface area (Å²) in [5, 5.41) is 11.4. The molecular formula is C27H32F5N7O3. The Morgan fingerprint density at radius 1 is 1.12 bits per heavy atom. The van der Waals surface area contributed by atoms with E-state index in [2.05, 4.69) is 20.7 Å². The van der Waals surface area contributed by atoms with Crippen molar-refractivity contribution in [2.24, 2.45) is 11.8 Å². The Balaban J connectivity index is 1.35. The summed E-state index contributed by atoms with van der Waals surface area (Å²) in [6.07, 6.45) is -1.13. The van der Waals surface area contributed by atoms with Crippen molar-refractivity contribution in [2.75, 3.05) is 11.9 Å². The largest absolute Gasteiger partial charge is 0.410 e. The highest BCUT2D eigenvalue weighted by atomic mass is 19.4. The number of nitrogens with zero attached hydrogens (tertiary/aromatic N) is 4. The van der Waals surface area contributed by atoms with E-state index >= 15 is 0 Å². The quantitative estimate of drug-likeness (QED) is 0.373. The number of halogens is 5. The summed E-state index contributed by atoms with van der Waals surface area (Å²) in [7, 11) is 0. The van der Waals surface area contributed by atoms with Gasteiger partial charge in [-0.2, -0.15) is 18.3 Å². The minimum absolute atomic E-state index is 0.0140. The molecule has 5 rings (SSSR count). The molecule has 4 amide bonds. The highest BCUT2D eigenvalue weighted by Crippen LogP contribution is 2.46. The van der Waals surface area contributed by atoms with Gasteiger partial charge in [0.25, 0.3) is 5.91 Å². The number of hydrogen-bond acceptors (Lipinski definition) is 5. The number of aryl methyl sites for hydroxylation is 1. The van der Waals surface area contributed by atoms with Crippen molar-refractivity contribution in [3.05, 3.63) is 41.9 Å². The predicted octanol–water partition coefficient (Wildman–Crippen LogP) is 4.27. The van der Waals surface area contributed by atoms with E-state index < -0.39 is 73.4 Å². The summed E-state index contributed by atoms with van der Waals surface area (Å²) in [6.45, 7) is 1.65. The fourth-order valence-corrected chi connectivity index (χ4v) is 5.79. The van der Waals surface area contributed by atoms with E-state index in [1.165, 1.54) is 34.1 Å². The van der Waals surface area contributed by atoms with Gasteiger partial charge in [0.05, 0.1) is 12.6 Å². The molecule has 1 aliphatic heterocycles. The van der Waals surface area contributed by atoms with Crippen LogP contribution in [0.3, 0.4) is 0 Å². The van der Waals surface area contributed by atoms with Crippen molar-refractivity contribution in [1.82, 2.24) is 30.3 Å². The third kappa shape index (κ3) is 6.49. The van der Waals surface area contributed by atoms with Crippen LogP contribution in [-0.2, 0) is 11.3 Å². The molecule has 1 saturated heterocycles. The number of hydrogen-bond donors (Lipinski definition) is 3. The molecule has 3 atom stereocenters. The lowest BCUT2D eigenvalue weighted by atomic mass is 9.81. The van der Waals surface area contributed by atoms with Crippen LogP contribution in [0.4, 0.5) is 32.6 Å². The van der Waals surface area contributed by atoms with Crippen molar-refractivity contribution in [1.29, 1.82) is 0 Å². The molecule has 0 aromatic carbocycles. The van der Waals surface area contributed by atoms with Gasteiger partial charge in [-0.1, -0.05) is 0 Å². The molecule has 2 aromatic rings. The molecule has 15 heteroatoms. The Labute approximate surface area is 238 Å². The standard InChI is InChI=1S/C27H32F5N7O3/c1-2-39-18(8-12-34-39)23(40)37-21(15-5-9-26(28,29)10-6-15)24(41)36-20-13-17(7-11-33-20)22(16-3-4-16)38-14-19(27(30,31)32)35-25(38)42/h7-8,11-13,15-16,19,21-22H,2-6,9-10,14H2,1H3,(H,35,42)(H,37,40)(H,33,36,41)/t19-,21-,22?/m0/s1. The molecule has 10 nitrogen and oxygen atoms in total. The predicted molar refractivity (Wildman–Crippen MR) is 139 cm³/mol. The van der Waals surface area contributed by atoms with E-state index in [1.807, 2.05) is 5.32 Å². The second-order valence-electron chi connectivity index (χ2n) is 11.1. The lowest BCUT2D eigenvalue weighted by Gasteiger charge is -2.33. The number of urea groups is 1. The molecule has 228 valence electrons. The lowest BCUT2D eigenvalue weighted by Crippen LogP contribution is -2.50. The summed E-state index contributed by atoms with van der Waals surface area (Å²) in [4.78, 5) is 44.5. The van der Waals surface area contributed by atoms with Gasteiger partial charge in [-0.15, -0.1) is 0 Å². The lowest BCUT2D eigenvalue weighted by molar-refractivity contribution is -0.150. The Morgan fingerprint density at radius 3 is 2.45 bits per heavy atom. The van der Waals surface area contributed by atoms with E-state index in [4.69, 9.17) is 0 Å². The van der Waals surface area contributed by atoms with Crippen LogP contribution in [0.15, 0.2) is 30.6 Å². The fraction of sp³-hybridized carbons (Fsp3) is 0.593. The maximum atomic E-state index is 13.9. The van der Waals surface area contributed by atoms with Gasteiger partial charge in [-0.3, -0.25) is 14.3 Å². The Bertz CT molecular complexity index is 1320. The smallest absolute Gasteiger partial charge is 0.339 e. The van der Waals surface area contributed by atoms with Crippen molar-refractivity contribution < 1.29 is 36.3 Å². The van der Waals surface area contributed by atoms with E-state index in [0.717, 1.165) is 12.8 Å². The first-order chi connectivity index (χ1) is 19.9. The average Bonchev–Trinajstić information content (AvgIpc) is 3.50. The van der Waals surface area contributed by atoms with Crippen LogP contribution < -0.4 is 16.0 Å². The van der Waals surface area contributed by atoms with Crippen LogP contribution in [0, 0.1) is 11.8 Å². The molecule has 2 aromatic heterocycles. The highest BCUT2D eigenvalue weighted by molar-refractivity contribution is 6.00. The number of rotatable bonds is 9. The summed E-state index contributed by atoms with van der Waals surface area (Å²) >= 11 is 0. The van der Waals surface area contributed by atoms with Gasteiger partial charge in [0, 0.05) is 31.8 Å². The molecule has 0 radical (unpaired) electrons. The molecule has 3 aliphatic rings. The molecule has 3 fully saturated rings. The molecule has 42 heavy (non-hydrogen) atoms. The Kier molecular flexibility index (Phi) is 8.12. The number of alkyl halides is 5. The van der Waals surface area contributed by atoms with Crippen LogP contribution in [0.25, 0.3) is 0 Å². The Hall–Kier alpha value is -3.78. The number of carbonyl (C=O) groups excluding carboxylic acids is 3. The van der Waals surface area contributed by atoms with E-state index in [-0.39, 0.29) is 30.3 Å². The monoisotopic (exact) mass is 597 g/mol. The zero-order valence-electron chi connectivity index (χ0n) is 22.8. The number of carbonyl (C=O) groups is 3. The third-order valence-corrected chi connectivity index (χ3v) is 8.17. The maximum absolute atomic E-state index is 13.9. The highest BCUT2D eigenvalue weighted by Gasteiger charge is 2.51. The third-order valence-electron chi connectivity index (χ3n) is 8.17. The Morgan fingerprint density at radius 2 is 1.83 bits per heavy atom. The van der Waals surface area contributed by atoms with E-state index in [0.29, 0.717) is 12.1 Å². The van der Waals surface area contributed by atoms with Crippen LogP contribution in [0.1, 0.15) is 67.5 Å². The molecular weight excluding hydrogens is 565 g/mol. The van der Waals surface area contributed by atoms with Crippen LogP contribution in [0.2, 0.25) is 0 Å². The van der Waals surface area contributed by atoms with Crippen molar-refractivity contribution in [3.8, 4) is 0 Å². The number of anilines is 1. The van der Waals surface area contributed by atoms with Gasteiger partial charge in [0.2, 0.25) is 11.8 Å². The van der Waals surface area contributed by atoms with Crippen LogP contribution >= 0.6 is 0 Å². The second kappa shape index (κ2) is 11.5. The first kappa shape index (κ1) is 29.7. The van der Waals surface area contributed by atoms with Crippen molar-refractivity contribution in [3.63, 3.8) is 0 Å². The minimum atomic E-state index is -4.59. The zero-order valence-corrected chi connectivity index (χ0v) is 22.8. The fourth-order valence-electron chi connectivity index (χ4n) is 5.79. The maximum Gasteiger partial charge on any atom is 0.410 e. The normalized spacial score (nSPS) is 22.4. The minimum Gasteiger partial charge on any atom is -0.339 e. The van der Waals surface area contributed by atoms with Crippen molar-refractivity contribution >= 4 is 23.7 Å². The number of nitrogens with one attached hydrogen (secondary N) is 3. The van der Waals surface area contributed by atoms with Crippen molar-refractivity contribution in [2.45, 2.75) is 82.2 Å². The molecule has 2 aliphatic carbocycles. The first-order valence-corrected chi connectivity index (χ1v) is 14.0. The van der Waals surface area contributed by atoms with Gasteiger partial charge >= 0.3 is 12.2 Å². The number of aromatic nitrogens is 3. The molecule has 0 spiro atoms. The van der Waals surface area contributed by atoms with E-state index in [1.54, 1.807) is 13.0 Å². The van der Waals surface area contributed by atoms with Gasteiger partial charge in [-0.05, 0) is 68.2 Å². The topological polar surface area (TPSA) is 121 Å². The summed E-state index contributed by atoms with van der Waals surface area (Å²) in [6, 6.07) is -0.0415. The zero-order chi connectivity index (χ0) is 30.2. The number of pyridine rings is 1. The van der Waals surface area contributed by atoms with Gasteiger partial charge < -0.3 is 20.9 Å². The first-order valence-electron chi connectivity index (χ1n) is 14.0. The van der Waals surface area contributed by atoms with Gasteiger partial charge in [0.15, 0.2) is 0 Å². The molecule has 3 heterocycles. The van der Waals surface area contributed by atoms with Gasteiger partial charge in [-0.25, -0.2) is 18.6 Å². The average molecular weight is 598 g/mol.